The lowest BCUT2D eigenvalue weighted by atomic mass is 10.1. The third-order valence-electron chi connectivity index (χ3n) is 2.86. The lowest BCUT2D eigenvalue weighted by Crippen LogP contribution is -1.98. The molecule has 0 spiro atoms. The first-order valence-electron chi connectivity index (χ1n) is 5.19. The van der Waals surface area contributed by atoms with E-state index in [9.17, 15) is 4.79 Å². The Morgan fingerprint density at radius 3 is 2.73 bits per heavy atom. The molecule has 0 aliphatic heterocycles. The fourth-order valence-corrected chi connectivity index (χ4v) is 2.05. The molecular weight excluding hydrogens is 184 g/mol. The van der Waals surface area contributed by atoms with Crippen LogP contribution in [0.4, 0.5) is 0 Å². The van der Waals surface area contributed by atoms with E-state index in [2.05, 4.69) is 12.1 Å². The highest BCUT2D eigenvalue weighted by Gasteiger charge is 2.21. The first-order valence-corrected chi connectivity index (χ1v) is 5.19. The van der Waals surface area contributed by atoms with Gasteiger partial charge in [0.05, 0.1) is 0 Å². The van der Waals surface area contributed by atoms with E-state index in [0.29, 0.717) is 0 Å². The molecule has 1 heteroatoms. The standard InChI is InChI=1S/C14H14O/c1-3-6-14(15)13-9-11-7-4-5-8-12(11)10(13)2/h3-8H,9H2,1-2H3/b6-3+. The minimum atomic E-state index is 0.145. The van der Waals surface area contributed by atoms with Crippen molar-refractivity contribution in [3.63, 3.8) is 0 Å². The van der Waals surface area contributed by atoms with Crippen molar-refractivity contribution >= 4 is 11.4 Å². The first-order chi connectivity index (χ1) is 7.24. The highest BCUT2D eigenvalue weighted by Crippen LogP contribution is 2.32. The maximum Gasteiger partial charge on any atom is 0.182 e. The highest BCUT2D eigenvalue weighted by atomic mass is 16.1. The Kier molecular flexibility index (Phi) is 2.55. The van der Waals surface area contributed by atoms with Crippen molar-refractivity contribution in [3.05, 3.63) is 53.1 Å². The largest absolute Gasteiger partial charge is 0.290 e. The topological polar surface area (TPSA) is 17.1 Å². The van der Waals surface area contributed by atoms with Crippen LogP contribution in [0, 0.1) is 0 Å². The summed E-state index contributed by atoms with van der Waals surface area (Å²) in [5.74, 6) is 0.145. The molecule has 76 valence electrons. The van der Waals surface area contributed by atoms with Gasteiger partial charge in [-0.15, -0.1) is 0 Å². The molecule has 0 saturated carbocycles. The van der Waals surface area contributed by atoms with Crippen LogP contribution in [-0.4, -0.2) is 5.78 Å². The summed E-state index contributed by atoms with van der Waals surface area (Å²) < 4.78 is 0. The molecule has 0 bridgehead atoms. The van der Waals surface area contributed by atoms with E-state index in [1.165, 1.54) is 11.1 Å². The van der Waals surface area contributed by atoms with Crippen LogP contribution in [0.3, 0.4) is 0 Å². The summed E-state index contributed by atoms with van der Waals surface area (Å²) in [6.45, 7) is 3.90. The third kappa shape index (κ3) is 1.65. The molecule has 0 heterocycles. The molecule has 2 rings (SSSR count). The number of hydrogen-bond acceptors (Lipinski definition) is 1. The molecular formula is C14H14O. The highest BCUT2D eigenvalue weighted by molar-refractivity contribution is 6.11. The fourth-order valence-electron chi connectivity index (χ4n) is 2.05. The summed E-state index contributed by atoms with van der Waals surface area (Å²) in [6, 6.07) is 8.22. The smallest absolute Gasteiger partial charge is 0.182 e. The van der Waals surface area contributed by atoms with Crippen LogP contribution < -0.4 is 0 Å². The Morgan fingerprint density at radius 2 is 2.07 bits per heavy atom. The van der Waals surface area contributed by atoms with E-state index < -0.39 is 0 Å². The SMILES string of the molecule is C/C=C/C(=O)C1=C(C)c2ccccc2C1. The Hall–Kier alpha value is -1.63. The molecule has 0 amide bonds. The summed E-state index contributed by atoms with van der Waals surface area (Å²) in [4.78, 5) is 11.8. The zero-order valence-electron chi connectivity index (χ0n) is 9.08. The van der Waals surface area contributed by atoms with Gasteiger partial charge in [0, 0.05) is 12.0 Å². The quantitative estimate of drug-likeness (QED) is 0.667. The maximum absolute atomic E-state index is 11.8. The van der Waals surface area contributed by atoms with Crippen molar-refractivity contribution in [1.82, 2.24) is 0 Å². The van der Waals surface area contributed by atoms with Gasteiger partial charge in [0.2, 0.25) is 0 Å². The van der Waals surface area contributed by atoms with Crippen molar-refractivity contribution in [1.29, 1.82) is 0 Å². The average Bonchev–Trinajstić information content (AvgIpc) is 2.57. The Labute approximate surface area is 90.1 Å². The van der Waals surface area contributed by atoms with Crippen LogP contribution in [0.25, 0.3) is 5.57 Å². The summed E-state index contributed by atoms with van der Waals surface area (Å²) >= 11 is 0. The zero-order valence-corrected chi connectivity index (χ0v) is 9.08. The van der Waals surface area contributed by atoms with Gasteiger partial charge in [0.1, 0.15) is 0 Å². The summed E-state index contributed by atoms with van der Waals surface area (Å²) in [6.07, 6.45) is 4.22. The van der Waals surface area contributed by atoms with Gasteiger partial charge in [-0.3, -0.25) is 4.79 Å². The minimum Gasteiger partial charge on any atom is -0.290 e. The fraction of sp³-hybridized carbons (Fsp3) is 0.214. The number of hydrogen-bond donors (Lipinski definition) is 0. The van der Waals surface area contributed by atoms with Crippen LogP contribution >= 0.6 is 0 Å². The molecule has 0 radical (unpaired) electrons. The van der Waals surface area contributed by atoms with Crippen molar-refractivity contribution < 1.29 is 4.79 Å². The maximum atomic E-state index is 11.8. The Balaban J connectivity index is 2.41. The third-order valence-corrected chi connectivity index (χ3v) is 2.86. The van der Waals surface area contributed by atoms with Crippen molar-refractivity contribution in [2.24, 2.45) is 0 Å². The van der Waals surface area contributed by atoms with Crippen molar-refractivity contribution in [2.75, 3.05) is 0 Å². The van der Waals surface area contributed by atoms with Crippen LogP contribution in [0.5, 0.6) is 0 Å². The number of allylic oxidation sites excluding steroid dienone is 4. The van der Waals surface area contributed by atoms with Gasteiger partial charge in [-0.2, -0.15) is 0 Å². The molecule has 1 aliphatic carbocycles. The lowest BCUT2D eigenvalue weighted by Gasteiger charge is -1.98. The molecule has 1 aromatic carbocycles. The number of ketones is 1. The van der Waals surface area contributed by atoms with Gasteiger partial charge in [0.15, 0.2) is 5.78 Å². The predicted octanol–water partition coefficient (Wildman–Crippen LogP) is 3.16. The van der Waals surface area contributed by atoms with Crippen LogP contribution in [-0.2, 0) is 11.2 Å². The lowest BCUT2D eigenvalue weighted by molar-refractivity contribution is -0.111. The molecule has 0 atom stereocenters. The second kappa shape index (κ2) is 3.85. The number of carbonyl (C=O) groups is 1. The van der Waals surface area contributed by atoms with Crippen LogP contribution in [0.15, 0.2) is 42.0 Å². The summed E-state index contributed by atoms with van der Waals surface area (Å²) in [7, 11) is 0. The number of fused-ring (bicyclic) bond motifs is 1. The normalized spacial score (nSPS) is 14.8. The van der Waals surface area contributed by atoms with Gasteiger partial charge >= 0.3 is 0 Å². The Morgan fingerprint density at radius 1 is 1.33 bits per heavy atom. The molecule has 1 nitrogen and oxygen atoms in total. The molecule has 0 saturated heterocycles. The van der Waals surface area contributed by atoms with Crippen LogP contribution in [0.1, 0.15) is 25.0 Å². The minimum absolute atomic E-state index is 0.145. The summed E-state index contributed by atoms with van der Waals surface area (Å²) in [5.41, 5.74) is 4.57. The monoisotopic (exact) mass is 198 g/mol. The molecule has 0 unspecified atom stereocenters. The first kappa shape index (κ1) is 9.91. The average molecular weight is 198 g/mol. The second-order valence-corrected chi connectivity index (χ2v) is 3.80. The van der Waals surface area contributed by atoms with Gasteiger partial charge in [-0.25, -0.2) is 0 Å². The molecule has 1 aromatic rings. The molecule has 1 aliphatic rings. The van der Waals surface area contributed by atoms with Gasteiger partial charge in [-0.05, 0) is 36.6 Å². The van der Waals surface area contributed by atoms with Crippen molar-refractivity contribution in [2.45, 2.75) is 20.3 Å². The van der Waals surface area contributed by atoms with E-state index in [0.717, 1.165) is 17.6 Å². The van der Waals surface area contributed by atoms with Gasteiger partial charge < -0.3 is 0 Å². The molecule has 0 aromatic heterocycles. The van der Waals surface area contributed by atoms with E-state index in [1.54, 1.807) is 12.2 Å². The number of benzene rings is 1. The van der Waals surface area contributed by atoms with Gasteiger partial charge in [0.25, 0.3) is 0 Å². The predicted molar refractivity (Wildman–Crippen MR) is 62.6 cm³/mol. The van der Waals surface area contributed by atoms with E-state index in [-0.39, 0.29) is 5.78 Å². The van der Waals surface area contributed by atoms with E-state index in [4.69, 9.17) is 0 Å². The Bertz CT molecular complexity index is 464. The number of carbonyl (C=O) groups excluding carboxylic acids is 1. The van der Waals surface area contributed by atoms with E-state index >= 15 is 0 Å². The summed E-state index contributed by atoms with van der Waals surface area (Å²) in [5, 5.41) is 0. The van der Waals surface area contributed by atoms with E-state index in [1.807, 2.05) is 26.0 Å². The van der Waals surface area contributed by atoms with Crippen LogP contribution in [0.2, 0.25) is 0 Å². The molecule has 15 heavy (non-hydrogen) atoms. The second-order valence-electron chi connectivity index (χ2n) is 3.80. The molecule has 0 N–H and O–H groups in total. The van der Waals surface area contributed by atoms with Gasteiger partial charge in [-0.1, -0.05) is 30.3 Å². The zero-order chi connectivity index (χ0) is 10.8. The molecule has 0 fully saturated rings. The van der Waals surface area contributed by atoms with Crippen molar-refractivity contribution in [3.8, 4) is 0 Å². The number of rotatable bonds is 2.